The monoisotopic (exact) mass is 547 g/mol. The molecule has 0 aliphatic heterocycles. The molecule has 0 saturated carbocycles. The Morgan fingerprint density at radius 2 is 0.974 bits per heavy atom. The van der Waals surface area contributed by atoms with Crippen molar-refractivity contribution in [2.24, 2.45) is 0 Å². The molecule has 0 rings (SSSR count). The molecule has 0 aromatic rings. The van der Waals surface area contributed by atoms with Crippen LogP contribution >= 0.6 is 0 Å². The molecule has 0 spiro atoms. The number of aliphatic hydroxyl groups is 3. The average molecular weight is 548 g/mol. The molecule has 0 radical (unpaired) electrons. The lowest BCUT2D eigenvalue weighted by atomic mass is 9.91. The molecule has 4 N–H and O–H groups in total. The molecule has 0 aromatic carbocycles. The Labute approximate surface area is 235 Å². The molecule has 0 aliphatic carbocycles. The Morgan fingerprint density at radius 1 is 0.605 bits per heavy atom. The van der Waals surface area contributed by atoms with Crippen LogP contribution in [-0.4, -0.2) is 53.6 Å². The van der Waals surface area contributed by atoms with Gasteiger partial charge in [0.05, 0.1) is 12.0 Å². The third-order valence-electron chi connectivity index (χ3n) is 7.62. The van der Waals surface area contributed by atoms with Crippen molar-refractivity contribution in [1.29, 1.82) is 0 Å². The smallest absolute Gasteiger partial charge is 0.221 e. The third kappa shape index (κ3) is 22.5. The van der Waals surface area contributed by atoms with Crippen LogP contribution in [0.3, 0.4) is 0 Å². The fourth-order valence-electron chi connectivity index (χ4n) is 5.11. The molecular formula is C31H65NO6. The molecule has 0 aliphatic rings. The molecule has 2 unspecified atom stereocenters. The summed E-state index contributed by atoms with van der Waals surface area (Å²) in [5.41, 5.74) is -0.918. The minimum Gasteiger partial charge on any atom is -0.598 e. The zero-order valence-corrected chi connectivity index (χ0v) is 25.2. The topological polar surface area (TPSA) is 107 Å². The Balaban J connectivity index is 4.14. The van der Waals surface area contributed by atoms with E-state index in [0.29, 0.717) is 13.2 Å². The van der Waals surface area contributed by atoms with Gasteiger partial charge in [-0.2, -0.15) is 5.23 Å². The summed E-state index contributed by atoms with van der Waals surface area (Å²) in [6, 6.07) is 0. The van der Waals surface area contributed by atoms with Gasteiger partial charge in [-0.05, 0) is 25.7 Å². The second kappa shape index (κ2) is 28.3. The van der Waals surface area contributed by atoms with Gasteiger partial charge in [-0.15, -0.1) is 0 Å². The first-order valence-electron chi connectivity index (χ1n) is 16.3. The van der Waals surface area contributed by atoms with E-state index in [2.05, 4.69) is 13.8 Å². The molecule has 7 heteroatoms. The van der Waals surface area contributed by atoms with Crippen molar-refractivity contribution in [3.63, 3.8) is 0 Å². The number of ether oxygens (including phenoxy) is 1. The summed E-state index contributed by atoms with van der Waals surface area (Å²) in [5, 5.41) is 41.5. The van der Waals surface area contributed by atoms with Gasteiger partial charge < -0.3 is 25.3 Å². The highest BCUT2D eigenvalue weighted by atomic mass is 16.9. The van der Waals surface area contributed by atoms with E-state index >= 15 is 0 Å². The van der Waals surface area contributed by atoms with E-state index in [4.69, 9.17) is 9.57 Å². The minimum atomic E-state index is -1.32. The number of hydroxylamine groups is 2. The predicted octanol–water partition coefficient (Wildman–Crippen LogP) is 6.37. The van der Waals surface area contributed by atoms with E-state index in [-0.39, 0.29) is 32.5 Å². The van der Waals surface area contributed by atoms with Gasteiger partial charge in [-0.1, -0.05) is 129 Å². The van der Waals surface area contributed by atoms with Crippen LogP contribution in [0.1, 0.15) is 162 Å². The Hall–Kier alpha value is -0.280. The SMILES string of the molecule is CCCCCCCCCCCCO[NH+]([O-])C(O)CC(CCO)(CCO)OCCCCCCCCCCCC. The molecular weight excluding hydrogens is 482 g/mol. The van der Waals surface area contributed by atoms with Gasteiger partial charge in [0.1, 0.15) is 6.61 Å². The van der Waals surface area contributed by atoms with Gasteiger partial charge in [0, 0.05) is 19.8 Å². The molecule has 0 saturated heterocycles. The van der Waals surface area contributed by atoms with Crippen LogP contribution in [-0.2, 0) is 9.57 Å². The summed E-state index contributed by atoms with van der Waals surface area (Å²) >= 11 is 0. The molecule has 230 valence electrons. The summed E-state index contributed by atoms with van der Waals surface area (Å²) < 4.78 is 6.13. The normalized spacial score (nSPS) is 13.7. The average Bonchev–Trinajstić information content (AvgIpc) is 2.90. The molecule has 0 heterocycles. The van der Waals surface area contributed by atoms with Gasteiger partial charge in [-0.25, -0.2) is 4.84 Å². The summed E-state index contributed by atoms with van der Waals surface area (Å²) in [6.45, 7) is 5.04. The van der Waals surface area contributed by atoms with Gasteiger partial charge in [-0.3, -0.25) is 0 Å². The number of hydrogen-bond acceptors (Lipinski definition) is 6. The fraction of sp³-hybridized carbons (Fsp3) is 1.00. The summed E-state index contributed by atoms with van der Waals surface area (Å²) in [5.74, 6) is 0. The van der Waals surface area contributed by atoms with E-state index in [1.165, 1.54) is 96.3 Å². The maximum Gasteiger partial charge on any atom is 0.221 e. The van der Waals surface area contributed by atoms with Crippen molar-refractivity contribution in [2.45, 2.75) is 173 Å². The fourth-order valence-corrected chi connectivity index (χ4v) is 5.11. The molecule has 0 aromatic heterocycles. The number of aliphatic hydroxyl groups excluding tert-OH is 3. The van der Waals surface area contributed by atoms with Gasteiger partial charge in [0.25, 0.3) is 0 Å². The lowest BCUT2D eigenvalue weighted by molar-refractivity contribution is -1.09. The number of nitrogens with one attached hydrogen (secondary N) is 1. The predicted molar refractivity (Wildman–Crippen MR) is 157 cm³/mol. The lowest BCUT2D eigenvalue weighted by Gasteiger charge is -2.36. The van der Waals surface area contributed by atoms with E-state index in [0.717, 1.165) is 32.1 Å². The van der Waals surface area contributed by atoms with Gasteiger partial charge in [0.15, 0.2) is 0 Å². The van der Waals surface area contributed by atoms with Crippen LogP contribution in [0, 0.1) is 5.21 Å². The number of quaternary nitrogens is 1. The van der Waals surface area contributed by atoms with Crippen molar-refractivity contribution in [1.82, 2.24) is 0 Å². The molecule has 38 heavy (non-hydrogen) atoms. The summed E-state index contributed by atoms with van der Waals surface area (Å²) in [6.07, 6.45) is 23.7. The zero-order valence-electron chi connectivity index (χ0n) is 25.2. The largest absolute Gasteiger partial charge is 0.598 e. The molecule has 0 amide bonds. The second-order valence-electron chi connectivity index (χ2n) is 11.2. The van der Waals surface area contributed by atoms with Crippen LogP contribution in [0.5, 0.6) is 0 Å². The quantitative estimate of drug-likeness (QED) is 0.0456. The Morgan fingerprint density at radius 3 is 1.37 bits per heavy atom. The van der Waals surface area contributed by atoms with Crippen molar-refractivity contribution >= 4 is 0 Å². The van der Waals surface area contributed by atoms with Crippen LogP contribution < -0.4 is 5.23 Å². The minimum absolute atomic E-state index is 0.0305. The third-order valence-corrected chi connectivity index (χ3v) is 7.62. The number of rotatable bonds is 31. The summed E-state index contributed by atoms with van der Waals surface area (Å²) in [4.78, 5) is 5.32. The molecule has 0 bridgehead atoms. The van der Waals surface area contributed by atoms with Crippen molar-refractivity contribution < 1.29 is 30.1 Å². The van der Waals surface area contributed by atoms with E-state index in [9.17, 15) is 20.5 Å². The highest BCUT2D eigenvalue weighted by Crippen LogP contribution is 2.26. The van der Waals surface area contributed by atoms with Crippen molar-refractivity contribution in [2.75, 3.05) is 26.4 Å². The van der Waals surface area contributed by atoms with E-state index < -0.39 is 17.1 Å². The lowest BCUT2D eigenvalue weighted by Crippen LogP contribution is -3.11. The van der Waals surface area contributed by atoms with Crippen LogP contribution in [0.25, 0.3) is 0 Å². The number of hydrogen-bond donors (Lipinski definition) is 4. The van der Waals surface area contributed by atoms with E-state index in [1.54, 1.807) is 0 Å². The van der Waals surface area contributed by atoms with Crippen LogP contribution in [0.2, 0.25) is 0 Å². The Bertz CT molecular complexity index is 462. The molecule has 0 fully saturated rings. The molecule has 7 nitrogen and oxygen atoms in total. The second-order valence-corrected chi connectivity index (χ2v) is 11.2. The van der Waals surface area contributed by atoms with Crippen molar-refractivity contribution in [3.05, 3.63) is 5.21 Å². The molecule has 2 atom stereocenters. The van der Waals surface area contributed by atoms with E-state index in [1.807, 2.05) is 0 Å². The summed E-state index contributed by atoms with van der Waals surface area (Å²) in [7, 11) is 0. The maximum absolute atomic E-state index is 12.4. The number of unbranched alkanes of at least 4 members (excludes halogenated alkanes) is 18. The zero-order chi connectivity index (χ0) is 28.2. The maximum atomic E-state index is 12.4. The van der Waals surface area contributed by atoms with Gasteiger partial charge in [0.2, 0.25) is 6.23 Å². The van der Waals surface area contributed by atoms with Crippen LogP contribution in [0.4, 0.5) is 0 Å². The van der Waals surface area contributed by atoms with Gasteiger partial charge >= 0.3 is 0 Å². The highest BCUT2D eigenvalue weighted by molar-refractivity contribution is 4.81. The highest BCUT2D eigenvalue weighted by Gasteiger charge is 2.35. The first-order valence-corrected chi connectivity index (χ1v) is 16.3. The first-order chi connectivity index (χ1) is 18.5. The first kappa shape index (κ1) is 37.7. The Kier molecular flexibility index (Phi) is 28.0. The van der Waals surface area contributed by atoms with Crippen molar-refractivity contribution in [3.8, 4) is 0 Å². The standard InChI is InChI=1S/C31H65NO6/c1-3-5-7-9-11-13-15-17-19-21-27-37-31(23-25-33,24-26-34)29-30(35)32(36)38-28-22-20-18-16-14-12-10-8-6-4-2/h30,32-35H,3-29H2,1-2H3. The van der Waals surface area contributed by atoms with Crippen LogP contribution in [0.15, 0.2) is 0 Å².